The van der Waals surface area contributed by atoms with Crippen LogP contribution in [0.25, 0.3) is 27.7 Å². The van der Waals surface area contributed by atoms with Crippen LogP contribution in [-0.2, 0) is 9.45 Å². The third-order valence-electron chi connectivity index (χ3n) is 4.27. The number of nitrogens with two attached hydrogens (primary N) is 1. The topological polar surface area (TPSA) is 116 Å². The lowest BCUT2D eigenvalue weighted by atomic mass is 9.78. The van der Waals surface area contributed by atoms with E-state index in [1.807, 2.05) is 6.07 Å². The van der Waals surface area contributed by atoms with Gasteiger partial charge in [0.2, 0.25) is 0 Å². The highest BCUT2D eigenvalue weighted by Crippen LogP contribution is 2.29. The molecule has 138 valence electrons. The highest BCUT2D eigenvalue weighted by atomic mass is 19.1. The Labute approximate surface area is 158 Å². The number of benzene rings is 2. The molecule has 8 nitrogen and oxygen atoms in total. The van der Waals surface area contributed by atoms with Gasteiger partial charge in [0.1, 0.15) is 0 Å². The third-order valence-corrected chi connectivity index (χ3v) is 4.27. The number of hydrogen-bond donors (Lipinski definition) is 2. The number of hydrogen-bond acceptors (Lipinski definition) is 7. The SMILES string of the molecule is Nc1cnnc2cc(-c3cc(B(O)OC=O)ccc3-n3cc(F)cn3)ccc12. The molecule has 2 heterocycles. The summed E-state index contributed by atoms with van der Waals surface area (Å²) < 4.78 is 19.5. The first-order valence-electron chi connectivity index (χ1n) is 8.20. The van der Waals surface area contributed by atoms with Crippen LogP contribution in [0, 0.1) is 5.82 Å². The van der Waals surface area contributed by atoms with Crippen molar-refractivity contribution in [3.63, 3.8) is 0 Å². The van der Waals surface area contributed by atoms with Crippen LogP contribution in [0.5, 0.6) is 0 Å². The lowest BCUT2D eigenvalue weighted by Crippen LogP contribution is -2.33. The molecule has 0 spiro atoms. The van der Waals surface area contributed by atoms with Gasteiger partial charge in [-0.1, -0.05) is 18.2 Å². The Hall–Kier alpha value is -3.79. The molecule has 0 aliphatic rings. The normalized spacial score (nSPS) is 10.8. The van der Waals surface area contributed by atoms with E-state index >= 15 is 0 Å². The number of carbonyl (C=O) groups is 1. The zero-order valence-electron chi connectivity index (χ0n) is 14.4. The molecule has 0 saturated carbocycles. The average molecular weight is 377 g/mol. The van der Waals surface area contributed by atoms with Gasteiger partial charge in [0.05, 0.1) is 35.5 Å². The summed E-state index contributed by atoms with van der Waals surface area (Å²) in [6, 6.07) is 10.2. The van der Waals surface area contributed by atoms with Crippen LogP contribution in [0.4, 0.5) is 10.1 Å². The smallest absolute Gasteiger partial charge is 0.508 e. The Bertz CT molecular complexity index is 1180. The fourth-order valence-corrected chi connectivity index (χ4v) is 2.95. The standard InChI is InChI=1S/C18H13BFN5O3/c20-13-7-23-25(9-13)18-4-2-12(19(27)28-10-26)6-15(18)11-1-3-14-16(21)8-22-24-17(14)5-11/h1-10,27H,(H2,21,24). The lowest BCUT2D eigenvalue weighted by molar-refractivity contribution is -0.121. The van der Waals surface area contributed by atoms with Gasteiger partial charge in [-0.25, -0.2) is 9.07 Å². The van der Waals surface area contributed by atoms with E-state index in [-0.39, 0.29) is 6.47 Å². The Morgan fingerprint density at radius 3 is 2.82 bits per heavy atom. The maximum atomic E-state index is 13.5. The number of nitrogen functional groups attached to an aromatic ring is 1. The monoisotopic (exact) mass is 377 g/mol. The number of aromatic nitrogens is 4. The van der Waals surface area contributed by atoms with Crippen LogP contribution in [-0.4, -0.2) is 38.6 Å². The molecule has 4 aromatic rings. The van der Waals surface area contributed by atoms with Crippen LogP contribution in [0.2, 0.25) is 0 Å². The first-order chi connectivity index (χ1) is 13.6. The highest BCUT2D eigenvalue weighted by molar-refractivity contribution is 6.61. The summed E-state index contributed by atoms with van der Waals surface area (Å²) in [7, 11) is -1.43. The van der Waals surface area contributed by atoms with Gasteiger partial charge in [-0.05, 0) is 29.2 Å². The van der Waals surface area contributed by atoms with E-state index in [1.165, 1.54) is 17.1 Å². The second-order valence-electron chi connectivity index (χ2n) is 6.00. The minimum atomic E-state index is -1.43. The van der Waals surface area contributed by atoms with Crippen LogP contribution in [0.15, 0.2) is 55.0 Å². The summed E-state index contributed by atoms with van der Waals surface area (Å²) in [5, 5.41) is 22.7. The molecule has 2 aromatic carbocycles. The summed E-state index contributed by atoms with van der Waals surface area (Å²) in [6.07, 6.45) is 3.79. The molecule has 2 aromatic heterocycles. The Kier molecular flexibility index (Phi) is 4.46. The summed E-state index contributed by atoms with van der Waals surface area (Å²) >= 11 is 0. The first-order valence-corrected chi connectivity index (χ1v) is 8.20. The number of fused-ring (bicyclic) bond motifs is 1. The van der Waals surface area contributed by atoms with E-state index in [2.05, 4.69) is 20.0 Å². The quantitative estimate of drug-likeness (QED) is 0.395. The molecule has 0 bridgehead atoms. The Morgan fingerprint density at radius 1 is 1.21 bits per heavy atom. The van der Waals surface area contributed by atoms with Crippen LogP contribution >= 0.6 is 0 Å². The van der Waals surface area contributed by atoms with Crippen LogP contribution in [0.1, 0.15) is 0 Å². The van der Waals surface area contributed by atoms with Crippen molar-refractivity contribution in [3.05, 3.63) is 60.8 Å². The van der Waals surface area contributed by atoms with Crippen molar-refractivity contribution >= 4 is 35.6 Å². The van der Waals surface area contributed by atoms with Gasteiger partial charge in [0.15, 0.2) is 5.82 Å². The molecular weight excluding hydrogens is 364 g/mol. The molecule has 28 heavy (non-hydrogen) atoms. The molecule has 0 amide bonds. The predicted octanol–water partition coefficient (Wildman–Crippen LogP) is 1.06. The summed E-state index contributed by atoms with van der Waals surface area (Å²) in [4.78, 5) is 10.5. The van der Waals surface area contributed by atoms with E-state index in [4.69, 9.17) is 5.73 Å². The summed E-state index contributed by atoms with van der Waals surface area (Å²) in [6.45, 7) is 0.162. The molecular formula is C18H13BFN5O3. The van der Waals surface area contributed by atoms with Gasteiger partial charge in [0.25, 0.3) is 6.47 Å². The van der Waals surface area contributed by atoms with Gasteiger partial charge < -0.3 is 15.4 Å². The third kappa shape index (κ3) is 3.16. The minimum absolute atomic E-state index is 0.162. The van der Waals surface area contributed by atoms with Gasteiger partial charge in [-0.2, -0.15) is 15.3 Å². The Balaban J connectivity index is 1.91. The lowest BCUT2D eigenvalue weighted by Gasteiger charge is -2.13. The average Bonchev–Trinajstić information content (AvgIpc) is 3.14. The van der Waals surface area contributed by atoms with E-state index in [9.17, 15) is 14.2 Å². The largest absolute Gasteiger partial charge is 0.561 e. The number of halogens is 1. The van der Waals surface area contributed by atoms with Crippen LogP contribution in [0.3, 0.4) is 0 Å². The Morgan fingerprint density at radius 2 is 2.07 bits per heavy atom. The molecule has 0 aliphatic heterocycles. The van der Waals surface area contributed by atoms with E-state index in [0.717, 1.165) is 11.6 Å². The molecule has 0 atom stereocenters. The first kappa shape index (κ1) is 17.6. The van der Waals surface area contributed by atoms with E-state index in [0.29, 0.717) is 33.5 Å². The maximum absolute atomic E-state index is 13.5. The molecule has 0 unspecified atom stereocenters. The second-order valence-corrected chi connectivity index (χ2v) is 6.00. The molecule has 0 aliphatic carbocycles. The fraction of sp³-hybridized carbons (Fsp3) is 0. The molecule has 0 radical (unpaired) electrons. The van der Waals surface area contributed by atoms with Crippen molar-refractivity contribution < 1.29 is 18.9 Å². The van der Waals surface area contributed by atoms with E-state index < -0.39 is 12.9 Å². The molecule has 3 N–H and O–H groups in total. The van der Waals surface area contributed by atoms with Crippen molar-refractivity contribution in [3.8, 4) is 16.8 Å². The number of rotatable bonds is 5. The van der Waals surface area contributed by atoms with Gasteiger partial charge in [0, 0.05) is 10.9 Å². The fourth-order valence-electron chi connectivity index (χ4n) is 2.95. The van der Waals surface area contributed by atoms with Gasteiger partial charge in [-0.15, -0.1) is 0 Å². The number of anilines is 1. The summed E-state index contributed by atoms with van der Waals surface area (Å²) in [5.74, 6) is -0.489. The minimum Gasteiger partial charge on any atom is -0.508 e. The van der Waals surface area contributed by atoms with Gasteiger partial charge in [-0.3, -0.25) is 4.79 Å². The molecule has 4 rings (SSSR count). The maximum Gasteiger partial charge on any atom is 0.561 e. The summed E-state index contributed by atoms with van der Waals surface area (Å²) in [5.41, 5.74) is 9.21. The van der Waals surface area contributed by atoms with Crippen molar-refractivity contribution in [2.75, 3.05) is 5.73 Å². The van der Waals surface area contributed by atoms with Crippen molar-refractivity contribution in [1.29, 1.82) is 0 Å². The number of nitrogens with zero attached hydrogens (tertiary/aromatic N) is 4. The van der Waals surface area contributed by atoms with Gasteiger partial charge >= 0.3 is 7.12 Å². The van der Waals surface area contributed by atoms with Crippen molar-refractivity contribution in [1.82, 2.24) is 20.0 Å². The predicted molar refractivity (Wildman–Crippen MR) is 101 cm³/mol. The zero-order valence-corrected chi connectivity index (χ0v) is 14.4. The second kappa shape index (κ2) is 7.08. The van der Waals surface area contributed by atoms with Crippen molar-refractivity contribution in [2.24, 2.45) is 0 Å². The molecule has 10 heteroatoms. The molecule has 0 saturated heterocycles. The van der Waals surface area contributed by atoms with E-state index in [1.54, 1.807) is 30.3 Å². The van der Waals surface area contributed by atoms with Crippen molar-refractivity contribution in [2.45, 2.75) is 0 Å². The zero-order chi connectivity index (χ0) is 19.7. The highest BCUT2D eigenvalue weighted by Gasteiger charge is 2.21. The number of carbonyl (C=O) groups excluding carboxylic acids is 1. The van der Waals surface area contributed by atoms with Crippen LogP contribution < -0.4 is 11.2 Å². The molecule has 0 fully saturated rings.